The van der Waals surface area contributed by atoms with E-state index in [1.54, 1.807) is 0 Å². The van der Waals surface area contributed by atoms with Crippen LogP contribution in [0.5, 0.6) is 0 Å². The Bertz CT molecular complexity index is 642. The number of ether oxygens (including phenoxy) is 1. The molecule has 0 spiro atoms. The quantitative estimate of drug-likeness (QED) is 0.836. The standard InChI is InChI=1S/C17H21N5O2/c23-16(21-15-4-2-1-3-5-15)14-12-19-17(20-13-14)18-6-7-22-8-10-24-11-9-22/h1-5,12-13H,6-11H2,(H,21,23)(H,18,19,20). The number of benzene rings is 1. The monoisotopic (exact) mass is 327 g/mol. The molecule has 0 aliphatic carbocycles. The third-order valence-corrected chi connectivity index (χ3v) is 3.76. The lowest BCUT2D eigenvalue weighted by Crippen LogP contribution is -2.39. The molecule has 1 amide bonds. The summed E-state index contributed by atoms with van der Waals surface area (Å²) in [5, 5.41) is 5.98. The van der Waals surface area contributed by atoms with E-state index in [4.69, 9.17) is 4.74 Å². The first-order valence-electron chi connectivity index (χ1n) is 8.04. The average Bonchev–Trinajstić information content (AvgIpc) is 2.64. The minimum absolute atomic E-state index is 0.221. The van der Waals surface area contributed by atoms with E-state index >= 15 is 0 Å². The molecule has 0 atom stereocenters. The summed E-state index contributed by atoms with van der Waals surface area (Å²) in [6.07, 6.45) is 3.06. The average molecular weight is 327 g/mol. The maximum absolute atomic E-state index is 12.1. The number of amides is 1. The zero-order valence-electron chi connectivity index (χ0n) is 13.4. The number of hydrogen-bond acceptors (Lipinski definition) is 6. The van der Waals surface area contributed by atoms with Crippen LogP contribution in [0.3, 0.4) is 0 Å². The van der Waals surface area contributed by atoms with Gasteiger partial charge in [0, 0.05) is 44.3 Å². The van der Waals surface area contributed by atoms with Crippen molar-refractivity contribution in [3.8, 4) is 0 Å². The smallest absolute Gasteiger partial charge is 0.258 e. The minimum Gasteiger partial charge on any atom is -0.379 e. The molecule has 2 aromatic rings. The summed E-state index contributed by atoms with van der Waals surface area (Å²) in [6.45, 7) is 5.18. The first-order chi connectivity index (χ1) is 11.8. The van der Waals surface area contributed by atoms with Gasteiger partial charge in [-0.05, 0) is 12.1 Å². The van der Waals surface area contributed by atoms with Crippen molar-refractivity contribution in [2.24, 2.45) is 0 Å². The van der Waals surface area contributed by atoms with Gasteiger partial charge in [0.05, 0.1) is 18.8 Å². The van der Waals surface area contributed by atoms with Crippen molar-refractivity contribution in [3.05, 3.63) is 48.3 Å². The number of rotatable bonds is 6. The van der Waals surface area contributed by atoms with Crippen molar-refractivity contribution < 1.29 is 9.53 Å². The van der Waals surface area contributed by atoms with Gasteiger partial charge in [0.1, 0.15) is 0 Å². The summed E-state index contributed by atoms with van der Waals surface area (Å²) >= 11 is 0. The van der Waals surface area contributed by atoms with Gasteiger partial charge in [0.25, 0.3) is 5.91 Å². The van der Waals surface area contributed by atoms with Gasteiger partial charge < -0.3 is 15.4 Å². The fraction of sp³-hybridized carbons (Fsp3) is 0.353. The summed E-state index contributed by atoms with van der Waals surface area (Å²) in [7, 11) is 0. The molecule has 3 rings (SSSR count). The molecule has 1 saturated heterocycles. The number of aromatic nitrogens is 2. The van der Waals surface area contributed by atoms with Crippen LogP contribution in [0.25, 0.3) is 0 Å². The van der Waals surface area contributed by atoms with E-state index in [-0.39, 0.29) is 5.91 Å². The van der Waals surface area contributed by atoms with Gasteiger partial charge in [-0.15, -0.1) is 0 Å². The number of hydrogen-bond donors (Lipinski definition) is 2. The fourth-order valence-corrected chi connectivity index (χ4v) is 2.41. The zero-order valence-corrected chi connectivity index (χ0v) is 13.4. The largest absolute Gasteiger partial charge is 0.379 e. The Balaban J connectivity index is 1.47. The first-order valence-corrected chi connectivity index (χ1v) is 8.04. The molecule has 1 aromatic heterocycles. The Hall–Kier alpha value is -2.51. The minimum atomic E-state index is -0.221. The van der Waals surface area contributed by atoms with Crippen molar-refractivity contribution in [1.82, 2.24) is 14.9 Å². The third-order valence-electron chi connectivity index (χ3n) is 3.76. The van der Waals surface area contributed by atoms with Gasteiger partial charge in [-0.2, -0.15) is 0 Å². The molecule has 1 aliphatic rings. The first kappa shape index (κ1) is 16.4. The molecule has 0 radical (unpaired) electrons. The van der Waals surface area contributed by atoms with E-state index in [2.05, 4.69) is 25.5 Å². The van der Waals surface area contributed by atoms with Crippen molar-refractivity contribution >= 4 is 17.5 Å². The highest BCUT2D eigenvalue weighted by atomic mass is 16.5. The van der Waals surface area contributed by atoms with Crippen molar-refractivity contribution in [2.45, 2.75) is 0 Å². The molecule has 0 saturated carbocycles. The van der Waals surface area contributed by atoms with E-state index in [0.29, 0.717) is 11.5 Å². The summed E-state index contributed by atoms with van der Waals surface area (Å²) in [6, 6.07) is 9.30. The second-order valence-electron chi connectivity index (χ2n) is 5.50. The molecule has 126 valence electrons. The molecule has 0 bridgehead atoms. The molecular formula is C17H21N5O2. The van der Waals surface area contributed by atoms with E-state index in [0.717, 1.165) is 45.1 Å². The number of carbonyl (C=O) groups excluding carboxylic acids is 1. The predicted octanol–water partition coefficient (Wildman–Crippen LogP) is 1.47. The molecule has 2 N–H and O–H groups in total. The maximum atomic E-state index is 12.1. The van der Waals surface area contributed by atoms with E-state index in [9.17, 15) is 4.79 Å². The fourth-order valence-electron chi connectivity index (χ4n) is 2.41. The topological polar surface area (TPSA) is 79.4 Å². The van der Waals surface area contributed by atoms with Gasteiger partial charge in [-0.25, -0.2) is 9.97 Å². The third kappa shape index (κ3) is 4.74. The van der Waals surface area contributed by atoms with Gasteiger partial charge >= 0.3 is 0 Å². The van der Waals surface area contributed by atoms with Crippen LogP contribution in [0, 0.1) is 0 Å². The Labute approximate surface area is 141 Å². The Kier molecular flexibility index (Phi) is 5.70. The molecule has 7 nitrogen and oxygen atoms in total. The van der Waals surface area contributed by atoms with Gasteiger partial charge in [0.2, 0.25) is 5.95 Å². The molecule has 1 fully saturated rings. The Morgan fingerprint density at radius 1 is 1.12 bits per heavy atom. The second kappa shape index (κ2) is 8.37. The number of morpholine rings is 1. The molecule has 1 aromatic carbocycles. The van der Waals surface area contributed by atoms with Crippen molar-refractivity contribution in [1.29, 1.82) is 0 Å². The van der Waals surface area contributed by atoms with Crippen LogP contribution >= 0.6 is 0 Å². The van der Waals surface area contributed by atoms with Gasteiger partial charge in [-0.3, -0.25) is 9.69 Å². The van der Waals surface area contributed by atoms with E-state index in [1.807, 2.05) is 30.3 Å². The SMILES string of the molecule is O=C(Nc1ccccc1)c1cnc(NCCN2CCOCC2)nc1. The zero-order chi connectivity index (χ0) is 16.6. The predicted molar refractivity (Wildman–Crippen MR) is 92.2 cm³/mol. The number of carbonyl (C=O) groups is 1. The Morgan fingerprint density at radius 3 is 2.54 bits per heavy atom. The lowest BCUT2D eigenvalue weighted by Gasteiger charge is -2.26. The van der Waals surface area contributed by atoms with Gasteiger partial charge in [0.15, 0.2) is 0 Å². The normalized spacial score (nSPS) is 15.0. The van der Waals surface area contributed by atoms with E-state index < -0.39 is 0 Å². The van der Waals surface area contributed by atoms with Gasteiger partial charge in [-0.1, -0.05) is 18.2 Å². The van der Waals surface area contributed by atoms with Crippen LogP contribution < -0.4 is 10.6 Å². The second-order valence-corrected chi connectivity index (χ2v) is 5.50. The highest BCUT2D eigenvalue weighted by Gasteiger charge is 2.10. The summed E-state index contributed by atoms with van der Waals surface area (Å²) in [5.74, 6) is 0.306. The van der Waals surface area contributed by atoms with Crippen LogP contribution in [0.4, 0.5) is 11.6 Å². The molecule has 24 heavy (non-hydrogen) atoms. The van der Waals surface area contributed by atoms with Crippen LogP contribution in [-0.2, 0) is 4.74 Å². The number of para-hydroxylation sites is 1. The van der Waals surface area contributed by atoms with E-state index in [1.165, 1.54) is 12.4 Å². The summed E-state index contributed by atoms with van der Waals surface area (Å²) < 4.78 is 5.32. The maximum Gasteiger partial charge on any atom is 0.258 e. The summed E-state index contributed by atoms with van der Waals surface area (Å²) in [5.41, 5.74) is 1.17. The molecule has 0 unspecified atom stereocenters. The molecule has 1 aliphatic heterocycles. The highest BCUT2D eigenvalue weighted by molar-refractivity contribution is 6.03. The number of anilines is 2. The van der Waals surface area contributed by atoms with Crippen molar-refractivity contribution in [2.75, 3.05) is 50.0 Å². The summed E-state index contributed by atoms with van der Waals surface area (Å²) in [4.78, 5) is 22.8. The van der Waals surface area contributed by atoms with Crippen LogP contribution in [0.15, 0.2) is 42.7 Å². The van der Waals surface area contributed by atoms with Crippen LogP contribution in [0.1, 0.15) is 10.4 Å². The molecule has 7 heteroatoms. The lowest BCUT2D eigenvalue weighted by atomic mass is 10.3. The van der Waals surface area contributed by atoms with Crippen molar-refractivity contribution in [3.63, 3.8) is 0 Å². The Morgan fingerprint density at radius 2 is 1.83 bits per heavy atom. The number of nitrogens with zero attached hydrogens (tertiary/aromatic N) is 3. The highest BCUT2D eigenvalue weighted by Crippen LogP contribution is 2.08. The van der Waals surface area contributed by atoms with Crippen LogP contribution in [-0.4, -0.2) is 60.2 Å². The lowest BCUT2D eigenvalue weighted by molar-refractivity contribution is 0.0398. The number of nitrogens with one attached hydrogen (secondary N) is 2. The molecule has 2 heterocycles. The van der Waals surface area contributed by atoms with Crippen LogP contribution in [0.2, 0.25) is 0 Å². The molecular weight excluding hydrogens is 306 g/mol.